The summed E-state index contributed by atoms with van der Waals surface area (Å²) in [6.45, 7) is 5.76. The van der Waals surface area contributed by atoms with Crippen molar-refractivity contribution in [2.24, 2.45) is 5.92 Å². The first kappa shape index (κ1) is 21.0. The lowest BCUT2D eigenvalue weighted by atomic mass is 9.89. The van der Waals surface area contributed by atoms with Gasteiger partial charge in [-0.05, 0) is 32.6 Å². The van der Waals surface area contributed by atoms with Crippen LogP contribution in [0.2, 0.25) is 0 Å². The summed E-state index contributed by atoms with van der Waals surface area (Å²) in [6.07, 6.45) is 9.36. The van der Waals surface area contributed by atoms with Crippen molar-refractivity contribution in [2.75, 3.05) is 24.6 Å². The van der Waals surface area contributed by atoms with E-state index >= 15 is 0 Å². The predicted molar refractivity (Wildman–Crippen MR) is 113 cm³/mol. The molecule has 2 heterocycles. The third-order valence-electron chi connectivity index (χ3n) is 5.47. The molecule has 6 nitrogen and oxygen atoms in total. The number of nitrogens with zero attached hydrogens (tertiary/aromatic N) is 2. The molecule has 1 aromatic heterocycles. The van der Waals surface area contributed by atoms with Gasteiger partial charge in [0.05, 0.1) is 0 Å². The van der Waals surface area contributed by atoms with Crippen molar-refractivity contribution in [3.63, 3.8) is 0 Å². The summed E-state index contributed by atoms with van der Waals surface area (Å²) in [7, 11) is 0. The van der Waals surface area contributed by atoms with Crippen molar-refractivity contribution in [1.29, 1.82) is 0 Å². The largest absolute Gasteiger partial charge is 0.352 e. The Kier molecular flexibility index (Phi) is 7.21. The molecule has 2 aliphatic rings. The van der Waals surface area contributed by atoms with Crippen molar-refractivity contribution in [3.05, 3.63) is 33.7 Å². The Labute approximate surface area is 171 Å². The maximum Gasteiger partial charge on any atom is 0.259 e. The van der Waals surface area contributed by atoms with Gasteiger partial charge in [-0.2, -0.15) is 11.8 Å². The molecule has 0 atom stereocenters. The Morgan fingerprint density at radius 1 is 1.11 bits per heavy atom. The monoisotopic (exact) mass is 405 g/mol. The van der Waals surface area contributed by atoms with Crippen LogP contribution in [0.15, 0.2) is 17.2 Å². The smallest absolute Gasteiger partial charge is 0.259 e. The Morgan fingerprint density at radius 2 is 1.75 bits per heavy atom. The number of thioether (sulfide) groups is 1. The van der Waals surface area contributed by atoms with Gasteiger partial charge in [0, 0.05) is 49.6 Å². The zero-order chi connectivity index (χ0) is 20.1. The highest BCUT2D eigenvalue weighted by Gasteiger charge is 2.25. The van der Waals surface area contributed by atoms with E-state index in [0.717, 1.165) is 30.9 Å². The van der Waals surface area contributed by atoms with E-state index in [1.165, 1.54) is 19.3 Å². The Bertz CT molecular complexity index is 763. The minimum atomic E-state index is -0.457. The van der Waals surface area contributed by atoms with Crippen molar-refractivity contribution in [1.82, 2.24) is 14.8 Å². The Balaban J connectivity index is 1.93. The highest BCUT2D eigenvalue weighted by Crippen LogP contribution is 2.25. The molecule has 0 aromatic carbocycles. The third kappa shape index (κ3) is 5.19. The normalized spacial score (nSPS) is 18.3. The van der Waals surface area contributed by atoms with E-state index in [4.69, 9.17) is 0 Å². The van der Waals surface area contributed by atoms with Crippen molar-refractivity contribution < 1.29 is 9.59 Å². The van der Waals surface area contributed by atoms with Gasteiger partial charge in [0.25, 0.3) is 11.8 Å². The summed E-state index contributed by atoms with van der Waals surface area (Å²) in [5.74, 6) is 1.65. The van der Waals surface area contributed by atoms with Gasteiger partial charge in [-0.15, -0.1) is 0 Å². The SMILES string of the molecule is CC(C)NC(=O)c1cn(CC2CCCCC2)cc(C(=O)N2CCSCC2)c1=O. The summed E-state index contributed by atoms with van der Waals surface area (Å²) in [6, 6.07) is -0.0721. The van der Waals surface area contributed by atoms with Crippen LogP contribution >= 0.6 is 11.8 Å². The van der Waals surface area contributed by atoms with Gasteiger partial charge in [-0.3, -0.25) is 14.4 Å². The molecule has 0 bridgehead atoms. The Hall–Kier alpha value is -1.76. The molecule has 1 saturated carbocycles. The summed E-state index contributed by atoms with van der Waals surface area (Å²) < 4.78 is 1.90. The summed E-state index contributed by atoms with van der Waals surface area (Å²) >= 11 is 1.82. The van der Waals surface area contributed by atoms with Gasteiger partial charge in [0.15, 0.2) is 0 Å². The number of carbonyl (C=O) groups is 2. The second-order valence-electron chi connectivity index (χ2n) is 8.15. The van der Waals surface area contributed by atoms with E-state index in [2.05, 4.69) is 5.32 Å². The van der Waals surface area contributed by atoms with Gasteiger partial charge < -0.3 is 14.8 Å². The van der Waals surface area contributed by atoms with E-state index in [1.54, 1.807) is 17.3 Å². The molecule has 1 aliphatic carbocycles. The molecule has 0 unspecified atom stereocenters. The maximum absolute atomic E-state index is 13.0. The quantitative estimate of drug-likeness (QED) is 0.818. The van der Waals surface area contributed by atoms with E-state index in [0.29, 0.717) is 19.0 Å². The summed E-state index contributed by atoms with van der Waals surface area (Å²) in [5, 5.41) is 2.80. The van der Waals surface area contributed by atoms with Crippen LogP contribution in [0.25, 0.3) is 0 Å². The lowest BCUT2D eigenvalue weighted by Gasteiger charge is -2.27. The van der Waals surface area contributed by atoms with Crippen LogP contribution in [-0.2, 0) is 6.54 Å². The summed E-state index contributed by atoms with van der Waals surface area (Å²) in [4.78, 5) is 40.4. The maximum atomic E-state index is 13.0. The number of pyridine rings is 1. The van der Waals surface area contributed by atoms with Crippen LogP contribution in [0.1, 0.15) is 66.7 Å². The molecule has 2 amide bonds. The van der Waals surface area contributed by atoms with E-state index in [9.17, 15) is 14.4 Å². The van der Waals surface area contributed by atoms with Crippen molar-refractivity contribution in [2.45, 2.75) is 58.5 Å². The van der Waals surface area contributed by atoms with Gasteiger partial charge >= 0.3 is 0 Å². The second kappa shape index (κ2) is 9.63. The minimum Gasteiger partial charge on any atom is -0.352 e. The number of rotatable bonds is 5. The molecule has 7 heteroatoms. The van der Waals surface area contributed by atoms with E-state index in [1.807, 2.05) is 30.2 Å². The minimum absolute atomic E-state index is 0.0711. The van der Waals surface area contributed by atoms with Gasteiger partial charge in [0.1, 0.15) is 11.1 Å². The zero-order valence-electron chi connectivity index (χ0n) is 16.9. The number of nitrogens with one attached hydrogen (secondary N) is 1. The van der Waals surface area contributed by atoms with Gasteiger partial charge in [-0.1, -0.05) is 19.3 Å². The number of hydrogen-bond acceptors (Lipinski definition) is 4. The highest BCUT2D eigenvalue weighted by molar-refractivity contribution is 7.99. The fourth-order valence-corrected chi connectivity index (χ4v) is 4.90. The third-order valence-corrected chi connectivity index (χ3v) is 6.41. The van der Waals surface area contributed by atoms with Gasteiger partial charge in [-0.25, -0.2) is 0 Å². The molecule has 2 fully saturated rings. The van der Waals surface area contributed by atoms with Crippen molar-refractivity contribution in [3.8, 4) is 0 Å². The predicted octanol–water partition coefficient (Wildman–Crippen LogP) is 2.76. The van der Waals surface area contributed by atoms with Crippen LogP contribution in [0.5, 0.6) is 0 Å². The van der Waals surface area contributed by atoms with Crippen LogP contribution in [0, 0.1) is 5.92 Å². The summed E-state index contributed by atoms with van der Waals surface area (Å²) in [5.41, 5.74) is -0.262. The highest BCUT2D eigenvalue weighted by atomic mass is 32.2. The molecule has 1 saturated heterocycles. The zero-order valence-corrected chi connectivity index (χ0v) is 17.7. The first-order chi connectivity index (χ1) is 13.5. The molecule has 0 radical (unpaired) electrons. The molecule has 1 N–H and O–H groups in total. The van der Waals surface area contributed by atoms with Crippen LogP contribution in [0.4, 0.5) is 0 Å². The first-order valence-electron chi connectivity index (χ1n) is 10.4. The molecule has 3 rings (SSSR count). The standard InChI is InChI=1S/C21H31N3O3S/c1-15(2)22-20(26)17-13-23(12-16-6-4-3-5-7-16)14-18(19(17)25)21(27)24-8-10-28-11-9-24/h13-16H,3-12H2,1-2H3,(H,22,26). The number of amides is 2. The van der Waals surface area contributed by atoms with Crippen LogP contribution in [0.3, 0.4) is 0 Å². The molecule has 1 aromatic rings. The lowest BCUT2D eigenvalue weighted by molar-refractivity contribution is 0.0770. The van der Waals surface area contributed by atoms with Gasteiger partial charge in [0.2, 0.25) is 5.43 Å². The number of carbonyl (C=O) groups excluding carboxylic acids is 2. The molecule has 154 valence electrons. The Morgan fingerprint density at radius 3 is 2.39 bits per heavy atom. The number of aromatic nitrogens is 1. The molecule has 28 heavy (non-hydrogen) atoms. The van der Waals surface area contributed by atoms with E-state index < -0.39 is 11.3 Å². The van der Waals surface area contributed by atoms with Crippen LogP contribution < -0.4 is 10.7 Å². The van der Waals surface area contributed by atoms with Crippen LogP contribution in [-0.4, -0.2) is 51.9 Å². The second-order valence-corrected chi connectivity index (χ2v) is 9.37. The topological polar surface area (TPSA) is 71.4 Å². The molecular weight excluding hydrogens is 374 g/mol. The van der Waals surface area contributed by atoms with E-state index in [-0.39, 0.29) is 23.1 Å². The average Bonchev–Trinajstić information content (AvgIpc) is 2.69. The average molecular weight is 406 g/mol. The fraction of sp³-hybridized carbons (Fsp3) is 0.667. The van der Waals surface area contributed by atoms with Crippen molar-refractivity contribution >= 4 is 23.6 Å². The fourth-order valence-electron chi connectivity index (χ4n) is 4.00. The molecular formula is C21H31N3O3S. The first-order valence-corrected chi connectivity index (χ1v) is 11.5. The number of hydrogen-bond donors (Lipinski definition) is 1. The molecule has 0 spiro atoms. The lowest BCUT2D eigenvalue weighted by Crippen LogP contribution is -2.42. The molecule has 1 aliphatic heterocycles.